The number of morpholine rings is 1. The van der Waals surface area contributed by atoms with E-state index < -0.39 is 17.8 Å². The number of rotatable bonds is 3. The van der Waals surface area contributed by atoms with Crippen molar-refractivity contribution in [3.63, 3.8) is 0 Å². The molecule has 0 bridgehead atoms. The molecule has 27 heavy (non-hydrogen) atoms. The van der Waals surface area contributed by atoms with E-state index in [-0.39, 0.29) is 25.1 Å². The van der Waals surface area contributed by atoms with E-state index in [0.29, 0.717) is 16.4 Å². The molecule has 2 atom stereocenters. The lowest BCUT2D eigenvalue weighted by Crippen LogP contribution is -2.48. The number of hydrogen-bond donors (Lipinski definition) is 0. The van der Waals surface area contributed by atoms with E-state index in [0.717, 1.165) is 42.2 Å². The molecule has 0 N–H and O–H groups in total. The highest BCUT2D eigenvalue weighted by atomic mass is 32.1. The second-order valence-corrected chi connectivity index (χ2v) is 7.77. The Balaban J connectivity index is 1.56. The van der Waals surface area contributed by atoms with Gasteiger partial charge in [-0.05, 0) is 49.0 Å². The number of aromatic nitrogens is 2. The summed E-state index contributed by atoms with van der Waals surface area (Å²) in [5.41, 5.74) is 0.446. The molecular weight excluding hydrogens is 379 g/mol. The number of carbonyl (C=O) groups is 1. The Morgan fingerprint density at radius 3 is 2.81 bits per heavy atom. The molecule has 1 aromatic carbocycles. The van der Waals surface area contributed by atoms with Crippen molar-refractivity contribution in [3.05, 3.63) is 46.0 Å². The summed E-state index contributed by atoms with van der Waals surface area (Å²) in [6.07, 6.45) is -2.99. The maximum atomic E-state index is 13.0. The third kappa shape index (κ3) is 3.70. The van der Waals surface area contributed by atoms with Crippen molar-refractivity contribution < 1.29 is 22.7 Å². The van der Waals surface area contributed by atoms with Crippen LogP contribution in [0.4, 0.5) is 13.2 Å². The van der Waals surface area contributed by atoms with Crippen LogP contribution in [0.3, 0.4) is 0 Å². The Hall–Kier alpha value is -2.00. The minimum atomic E-state index is -4.42. The molecule has 0 spiro atoms. The number of alkyl halides is 3. The van der Waals surface area contributed by atoms with E-state index in [1.54, 1.807) is 11.0 Å². The van der Waals surface area contributed by atoms with Gasteiger partial charge >= 0.3 is 6.18 Å². The Kier molecular flexibility index (Phi) is 4.67. The first kappa shape index (κ1) is 18.4. The molecule has 9 heteroatoms. The van der Waals surface area contributed by atoms with Crippen LogP contribution in [0.2, 0.25) is 0 Å². The number of benzene rings is 1. The topological polar surface area (TPSA) is 55.3 Å². The fourth-order valence-corrected chi connectivity index (χ4v) is 3.96. The predicted octanol–water partition coefficient (Wildman–Crippen LogP) is 4.04. The van der Waals surface area contributed by atoms with E-state index in [4.69, 9.17) is 4.74 Å². The molecule has 2 heterocycles. The van der Waals surface area contributed by atoms with Crippen molar-refractivity contribution in [1.82, 2.24) is 14.5 Å². The first-order chi connectivity index (χ1) is 12.8. The van der Waals surface area contributed by atoms with Gasteiger partial charge in [-0.25, -0.2) is 0 Å². The van der Waals surface area contributed by atoms with Crippen LogP contribution in [0.1, 0.15) is 58.3 Å². The van der Waals surface area contributed by atoms with Crippen LogP contribution in [0.15, 0.2) is 24.3 Å². The van der Waals surface area contributed by atoms with Gasteiger partial charge < -0.3 is 9.64 Å². The Morgan fingerprint density at radius 2 is 2.11 bits per heavy atom. The summed E-state index contributed by atoms with van der Waals surface area (Å²) in [7, 11) is 0. The van der Waals surface area contributed by atoms with Crippen LogP contribution in [-0.4, -0.2) is 39.6 Å². The average Bonchev–Trinajstić information content (AvgIpc) is 3.37. The van der Waals surface area contributed by atoms with Gasteiger partial charge in [0.2, 0.25) is 0 Å². The SMILES string of the molecule is CC1COC(c2cccc(C(F)(F)F)c2)CN1C(=O)c1snnc1C1CC1. The van der Waals surface area contributed by atoms with Crippen molar-refractivity contribution in [2.75, 3.05) is 13.2 Å². The van der Waals surface area contributed by atoms with Crippen molar-refractivity contribution >= 4 is 17.4 Å². The van der Waals surface area contributed by atoms with Crippen molar-refractivity contribution in [2.24, 2.45) is 0 Å². The molecule has 4 rings (SSSR count). The summed E-state index contributed by atoms with van der Waals surface area (Å²) >= 11 is 1.08. The third-order valence-corrected chi connectivity index (χ3v) is 5.68. The van der Waals surface area contributed by atoms with E-state index in [1.165, 1.54) is 6.07 Å². The Morgan fingerprint density at radius 1 is 1.33 bits per heavy atom. The van der Waals surface area contributed by atoms with Gasteiger partial charge in [-0.2, -0.15) is 13.2 Å². The molecule has 1 saturated carbocycles. The maximum Gasteiger partial charge on any atom is 0.416 e. The molecule has 1 aromatic heterocycles. The zero-order valence-electron chi connectivity index (χ0n) is 14.6. The quantitative estimate of drug-likeness (QED) is 0.785. The van der Waals surface area contributed by atoms with Crippen LogP contribution in [0.5, 0.6) is 0 Å². The van der Waals surface area contributed by atoms with E-state index in [2.05, 4.69) is 9.59 Å². The van der Waals surface area contributed by atoms with Gasteiger partial charge in [-0.15, -0.1) is 5.10 Å². The molecule has 1 saturated heterocycles. The number of halogens is 3. The molecule has 1 aliphatic carbocycles. The standard InChI is InChI=1S/C18H18F3N3O2S/c1-10-9-26-14(12-3-2-4-13(7-12)18(19,20)21)8-24(10)17(25)16-15(11-5-6-11)22-23-27-16/h2-4,7,10-11,14H,5-6,8-9H2,1H3. The first-order valence-electron chi connectivity index (χ1n) is 8.76. The minimum absolute atomic E-state index is 0.167. The minimum Gasteiger partial charge on any atom is -0.370 e. The van der Waals surface area contributed by atoms with Gasteiger partial charge in [0.05, 0.1) is 30.5 Å². The zero-order valence-corrected chi connectivity index (χ0v) is 15.4. The largest absolute Gasteiger partial charge is 0.416 e. The van der Waals surface area contributed by atoms with Gasteiger partial charge in [0, 0.05) is 5.92 Å². The molecule has 2 aromatic rings. The molecule has 2 unspecified atom stereocenters. The van der Waals surface area contributed by atoms with Crippen molar-refractivity contribution in [3.8, 4) is 0 Å². The van der Waals surface area contributed by atoms with Gasteiger partial charge in [0.15, 0.2) is 0 Å². The number of carbonyl (C=O) groups excluding carboxylic acids is 1. The summed E-state index contributed by atoms with van der Waals surface area (Å²) in [5, 5.41) is 4.10. The number of ether oxygens (including phenoxy) is 1. The second-order valence-electron chi connectivity index (χ2n) is 7.01. The highest BCUT2D eigenvalue weighted by molar-refractivity contribution is 7.08. The molecule has 1 amide bonds. The molecule has 2 fully saturated rings. The summed E-state index contributed by atoms with van der Waals surface area (Å²) in [4.78, 5) is 15.2. The molecule has 2 aliphatic rings. The van der Waals surface area contributed by atoms with Gasteiger partial charge in [-0.3, -0.25) is 4.79 Å². The van der Waals surface area contributed by atoms with Gasteiger partial charge in [0.1, 0.15) is 11.0 Å². The maximum absolute atomic E-state index is 13.0. The molecule has 1 aliphatic heterocycles. The van der Waals surface area contributed by atoms with Crippen LogP contribution >= 0.6 is 11.5 Å². The normalized spacial score (nSPS) is 23.5. The van der Waals surface area contributed by atoms with Gasteiger partial charge in [0.25, 0.3) is 5.91 Å². The molecule has 5 nitrogen and oxygen atoms in total. The number of nitrogens with zero attached hydrogens (tertiary/aromatic N) is 3. The van der Waals surface area contributed by atoms with Gasteiger partial charge in [-0.1, -0.05) is 16.6 Å². The highest BCUT2D eigenvalue weighted by Crippen LogP contribution is 2.42. The van der Waals surface area contributed by atoms with Crippen molar-refractivity contribution in [2.45, 2.75) is 44.0 Å². The third-order valence-electron chi connectivity index (χ3n) is 4.95. The molecule has 144 valence electrons. The zero-order chi connectivity index (χ0) is 19.2. The Labute approximate surface area is 158 Å². The summed E-state index contributed by atoms with van der Waals surface area (Å²) < 4.78 is 48.7. The fourth-order valence-electron chi connectivity index (χ4n) is 3.26. The van der Waals surface area contributed by atoms with Crippen LogP contribution in [0.25, 0.3) is 0 Å². The van der Waals surface area contributed by atoms with E-state index in [9.17, 15) is 18.0 Å². The highest BCUT2D eigenvalue weighted by Gasteiger charge is 2.37. The smallest absolute Gasteiger partial charge is 0.370 e. The van der Waals surface area contributed by atoms with E-state index >= 15 is 0 Å². The lowest BCUT2D eigenvalue weighted by atomic mass is 10.0. The summed E-state index contributed by atoms with van der Waals surface area (Å²) in [6.45, 7) is 2.33. The Bertz CT molecular complexity index is 850. The first-order valence-corrected chi connectivity index (χ1v) is 9.54. The number of amides is 1. The lowest BCUT2D eigenvalue weighted by molar-refractivity contribution is -0.137. The molecular formula is C18H18F3N3O2S. The van der Waals surface area contributed by atoms with Crippen LogP contribution in [-0.2, 0) is 10.9 Å². The van der Waals surface area contributed by atoms with E-state index in [1.807, 2.05) is 6.92 Å². The average molecular weight is 397 g/mol. The lowest BCUT2D eigenvalue weighted by Gasteiger charge is -2.38. The second kappa shape index (κ2) is 6.87. The fraction of sp³-hybridized carbons (Fsp3) is 0.500. The van der Waals surface area contributed by atoms with Crippen LogP contribution in [0, 0.1) is 0 Å². The predicted molar refractivity (Wildman–Crippen MR) is 92.5 cm³/mol. The number of hydrogen-bond acceptors (Lipinski definition) is 5. The van der Waals surface area contributed by atoms with Crippen LogP contribution < -0.4 is 0 Å². The van der Waals surface area contributed by atoms with Crippen molar-refractivity contribution in [1.29, 1.82) is 0 Å². The summed E-state index contributed by atoms with van der Waals surface area (Å²) in [6, 6.07) is 4.91. The molecule has 0 radical (unpaired) electrons. The summed E-state index contributed by atoms with van der Waals surface area (Å²) in [5.74, 6) is 0.137. The monoisotopic (exact) mass is 397 g/mol.